The van der Waals surface area contributed by atoms with Crippen molar-refractivity contribution < 1.29 is 14.3 Å². The van der Waals surface area contributed by atoms with Crippen LogP contribution in [0.2, 0.25) is 0 Å². The lowest BCUT2D eigenvalue weighted by atomic mass is 9.92. The molecule has 1 saturated carbocycles. The van der Waals surface area contributed by atoms with Crippen LogP contribution in [0.4, 0.5) is 0 Å². The van der Waals surface area contributed by atoms with Crippen LogP contribution in [-0.4, -0.2) is 11.1 Å². The highest BCUT2D eigenvalue weighted by molar-refractivity contribution is 7.16. The molecule has 5 heteroatoms. The lowest BCUT2D eigenvalue weighted by molar-refractivity contribution is -0.137. The summed E-state index contributed by atoms with van der Waals surface area (Å²) in [6.45, 7) is 0. The SMILES string of the molecule is O=C(O)CC1(c2cccc3oc(=O)sc23)CC1. The zero-order chi connectivity index (χ0) is 12.0. The van der Waals surface area contributed by atoms with Crippen molar-refractivity contribution in [2.24, 2.45) is 0 Å². The van der Waals surface area contributed by atoms with Gasteiger partial charge in [0.05, 0.1) is 11.1 Å². The Morgan fingerprint density at radius 2 is 2.24 bits per heavy atom. The van der Waals surface area contributed by atoms with Crippen LogP contribution in [0.3, 0.4) is 0 Å². The fourth-order valence-corrected chi connectivity index (χ4v) is 3.20. The minimum atomic E-state index is -0.796. The quantitative estimate of drug-likeness (QED) is 0.908. The number of hydrogen-bond donors (Lipinski definition) is 1. The molecule has 0 radical (unpaired) electrons. The summed E-state index contributed by atoms with van der Waals surface area (Å²) in [5.41, 5.74) is 1.24. The molecule has 0 aliphatic heterocycles. The molecule has 0 atom stereocenters. The molecule has 0 saturated heterocycles. The van der Waals surface area contributed by atoms with E-state index in [1.54, 1.807) is 6.07 Å². The van der Waals surface area contributed by atoms with Crippen LogP contribution in [0.25, 0.3) is 10.3 Å². The zero-order valence-corrected chi connectivity index (χ0v) is 9.75. The zero-order valence-electron chi connectivity index (χ0n) is 8.93. The highest BCUT2D eigenvalue weighted by atomic mass is 32.1. The minimum absolute atomic E-state index is 0.123. The largest absolute Gasteiger partial charge is 0.481 e. The number of aliphatic carboxylic acids is 1. The van der Waals surface area contributed by atoms with Gasteiger partial charge >= 0.3 is 10.9 Å². The van der Waals surface area contributed by atoms with E-state index < -0.39 is 5.97 Å². The lowest BCUT2D eigenvalue weighted by Crippen LogP contribution is -2.12. The van der Waals surface area contributed by atoms with E-state index in [9.17, 15) is 9.59 Å². The van der Waals surface area contributed by atoms with Crippen molar-refractivity contribution in [3.05, 3.63) is 33.5 Å². The Kier molecular flexibility index (Phi) is 2.13. The van der Waals surface area contributed by atoms with Gasteiger partial charge in [0.1, 0.15) is 5.58 Å². The molecule has 17 heavy (non-hydrogen) atoms. The number of benzene rings is 1. The van der Waals surface area contributed by atoms with E-state index in [1.165, 1.54) is 0 Å². The monoisotopic (exact) mass is 250 g/mol. The van der Waals surface area contributed by atoms with E-state index in [0.29, 0.717) is 5.58 Å². The normalized spacial score (nSPS) is 17.2. The maximum Gasteiger partial charge on any atom is 0.396 e. The maximum absolute atomic E-state index is 11.2. The predicted octanol–water partition coefficient (Wildman–Crippen LogP) is 2.36. The van der Waals surface area contributed by atoms with E-state index in [1.807, 2.05) is 12.1 Å². The molecule has 0 bridgehead atoms. The number of fused-ring (bicyclic) bond motifs is 1. The number of carboxylic acid groups (broad SMARTS) is 1. The summed E-state index contributed by atoms with van der Waals surface area (Å²) in [7, 11) is 0. The summed E-state index contributed by atoms with van der Waals surface area (Å²) in [5.74, 6) is -0.796. The van der Waals surface area contributed by atoms with Gasteiger partial charge < -0.3 is 9.52 Å². The third-order valence-electron chi connectivity index (χ3n) is 3.27. The third-order valence-corrected chi connectivity index (χ3v) is 4.15. The van der Waals surface area contributed by atoms with E-state index in [-0.39, 0.29) is 16.8 Å². The molecule has 1 aliphatic rings. The molecule has 1 aromatic carbocycles. The van der Waals surface area contributed by atoms with Gasteiger partial charge in [0.2, 0.25) is 0 Å². The average Bonchev–Trinajstić information content (AvgIpc) is 2.90. The van der Waals surface area contributed by atoms with Gasteiger partial charge in [0.15, 0.2) is 0 Å². The Morgan fingerprint density at radius 1 is 1.47 bits per heavy atom. The molecule has 0 amide bonds. The van der Waals surface area contributed by atoms with Crippen molar-refractivity contribution in [3.8, 4) is 0 Å². The summed E-state index contributed by atoms with van der Waals surface area (Å²) < 4.78 is 5.85. The van der Waals surface area contributed by atoms with Crippen LogP contribution in [0, 0.1) is 0 Å². The molecule has 2 aromatic rings. The van der Waals surface area contributed by atoms with Gasteiger partial charge in [-0.15, -0.1) is 0 Å². The molecule has 4 nitrogen and oxygen atoms in total. The van der Waals surface area contributed by atoms with Crippen LogP contribution < -0.4 is 4.94 Å². The van der Waals surface area contributed by atoms with Gasteiger partial charge in [-0.05, 0) is 24.5 Å². The van der Waals surface area contributed by atoms with Crippen LogP contribution in [0.1, 0.15) is 24.8 Å². The average molecular weight is 250 g/mol. The van der Waals surface area contributed by atoms with Gasteiger partial charge in [-0.3, -0.25) is 4.79 Å². The Hall–Kier alpha value is -1.62. The Morgan fingerprint density at radius 3 is 2.88 bits per heavy atom. The number of carboxylic acids is 1. The number of carbonyl (C=O) groups is 1. The summed E-state index contributed by atoms with van der Waals surface area (Å²) in [5, 5.41) is 8.95. The van der Waals surface area contributed by atoms with Gasteiger partial charge in [-0.25, -0.2) is 4.79 Å². The smallest absolute Gasteiger partial charge is 0.396 e. The highest BCUT2D eigenvalue weighted by Gasteiger charge is 2.47. The van der Waals surface area contributed by atoms with Crippen molar-refractivity contribution in [1.29, 1.82) is 0 Å². The topological polar surface area (TPSA) is 67.5 Å². The molecule has 0 spiro atoms. The van der Waals surface area contributed by atoms with Crippen LogP contribution >= 0.6 is 11.3 Å². The van der Waals surface area contributed by atoms with E-state index in [2.05, 4.69) is 0 Å². The molecule has 0 unspecified atom stereocenters. The van der Waals surface area contributed by atoms with Crippen LogP contribution in [0.15, 0.2) is 27.4 Å². The van der Waals surface area contributed by atoms with Crippen molar-refractivity contribution in [2.45, 2.75) is 24.7 Å². The van der Waals surface area contributed by atoms with Gasteiger partial charge in [-0.1, -0.05) is 23.5 Å². The third kappa shape index (κ3) is 1.67. The molecule has 1 N–H and O–H groups in total. The Bertz CT molecular complexity index is 648. The van der Waals surface area contributed by atoms with Gasteiger partial charge in [0.25, 0.3) is 0 Å². The summed E-state index contributed by atoms with van der Waals surface area (Å²) >= 11 is 1.06. The molecule has 1 fully saturated rings. The molecule has 1 aromatic heterocycles. The molecule has 1 heterocycles. The summed E-state index contributed by atoms with van der Waals surface area (Å²) in [4.78, 5) is 21.8. The molecular weight excluding hydrogens is 240 g/mol. The van der Waals surface area contributed by atoms with Crippen LogP contribution in [-0.2, 0) is 10.2 Å². The fraction of sp³-hybridized carbons (Fsp3) is 0.333. The van der Waals surface area contributed by atoms with Crippen LogP contribution in [0.5, 0.6) is 0 Å². The van der Waals surface area contributed by atoms with Crippen molar-refractivity contribution in [2.75, 3.05) is 0 Å². The lowest BCUT2D eigenvalue weighted by Gasteiger charge is -2.12. The second-order valence-corrected chi connectivity index (χ2v) is 5.38. The fourth-order valence-electron chi connectivity index (χ4n) is 2.29. The van der Waals surface area contributed by atoms with Gasteiger partial charge in [0, 0.05) is 5.41 Å². The number of rotatable bonds is 3. The van der Waals surface area contributed by atoms with Crippen molar-refractivity contribution in [3.63, 3.8) is 0 Å². The summed E-state index contributed by atoms with van der Waals surface area (Å²) in [6, 6.07) is 5.46. The van der Waals surface area contributed by atoms with Crippen molar-refractivity contribution >= 4 is 27.6 Å². The second kappa shape index (κ2) is 3.43. The summed E-state index contributed by atoms with van der Waals surface area (Å²) in [6.07, 6.45) is 1.85. The Labute approximate surface area is 100 Å². The molecule has 1 aliphatic carbocycles. The first kappa shape index (κ1) is 10.5. The molecule has 3 rings (SSSR count). The van der Waals surface area contributed by atoms with E-state index >= 15 is 0 Å². The minimum Gasteiger partial charge on any atom is -0.481 e. The number of hydrogen-bond acceptors (Lipinski definition) is 4. The van der Waals surface area contributed by atoms with Crippen molar-refractivity contribution in [1.82, 2.24) is 0 Å². The van der Waals surface area contributed by atoms with Gasteiger partial charge in [-0.2, -0.15) is 0 Å². The Balaban J connectivity index is 2.17. The first-order chi connectivity index (χ1) is 8.11. The molecular formula is C12H10O4S. The molecule has 88 valence electrons. The second-order valence-electron chi connectivity index (χ2n) is 4.44. The van der Waals surface area contributed by atoms with E-state index in [4.69, 9.17) is 9.52 Å². The standard InChI is InChI=1S/C12H10O4S/c13-9(14)6-12(4-5-12)7-2-1-3-8-10(7)17-11(15)16-8/h1-3H,4-6H2,(H,13,14). The first-order valence-corrected chi connectivity index (χ1v) is 6.17. The highest BCUT2D eigenvalue weighted by Crippen LogP contribution is 2.53. The maximum atomic E-state index is 11.2. The predicted molar refractivity (Wildman–Crippen MR) is 63.5 cm³/mol. The first-order valence-electron chi connectivity index (χ1n) is 5.36. The van der Waals surface area contributed by atoms with E-state index in [0.717, 1.165) is 34.4 Å².